The van der Waals surface area contributed by atoms with Gasteiger partial charge in [0.25, 0.3) is 0 Å². The number of nitrogens with one attached hydrogen (secondary N) is 1. The van der Waals surface area contributed by atoms with Gasteiger partial charge < -0.3 is 20.1 Å². The molecule has 2 saturated heterocycles. The smallest absolute Gasteiger partial charge is 0.317 e. The van der Waals surface area contributed by atoms with E-state index >= 15 is 0 Å². The van der Waals surface area contributed by atoms with Crippen molar-refractivity contribution in [1.82, 2.24) is 10.2 Å². The second kappa shape index (κ2) is 6.67. The van der Waals surface area contributed by atoms with Gasteiger partial charge in [0, 0.05) is 32.3 Å². The van der Waals surface area contributed by atoms with Crippen molar-refractivity contribution >= 4 is 12.0 Å². The molecule has 0 radical (unpaired) electrons. The minimum absolute atomic E-state index is 0.0848. The van der Waals surface area contributed by atoms with E-state index in [0.717, 1.165) is 45.3 Å². The summed E-state index contributed by atoms with van der Waals surface area (Å²) >= 11 is 0. The molecule has 130 valence electrons. The Labute approximate surface area is 137 Å². The topological polar surface area (TPSA) is 78.9 Å². The van der Waals surface area contributed by atoms with E-state index in [0.29, 0.717) is 25.4 Å². The highest BCUT2D eigenvalue weighted by Crippen LogP contribution is 2.48. The zero-order valence-electron chi connectivity index (χ0n) is 13.9. The number of urea groups is 1. The predicted molar refractivity (Wildman–Crippen MR) is 85.1 cm³/mol. The Bertz CT molecular complexity index is 464. The average molecular weight is 324 g/mol. The van der Waals surface area contributed by atoms with E-state index in [9.17, 15) is 14.7 Å². The Kier molecular flexibility index (Phi) is 4.80. The maximum absolute atomic E-state index is 12.6. The van der Waals surface area contributed by atoms with Crippen molar-refractivity contribution in [3.8, 4) is 0 Å². The molecule has 0 aromatic rings. The number of carboxylic acid groups (broad SMARTS) is 1. The molecule has 1 saturated carbocycles. The lowest BCUT2D eigenvalue weighted by Gasteiger charge is -2.32. The number of rotatable bonds is 4. The summed E-state index contributed by atoms with van der Waals surface area (Å²) in [5, 5.41) is 12.8. The largest absolute Gasteiger partial charge is 0.481 e. The molecule has 2 N–H and O–H groups in total. The Balaban J connectivity index is 1.61. The second-order valence-electron chi connectivity index (χ2n) is 7.35. The third kappa shape index (κ3) is 3.05. The van der Waals surface area contributed by atoms with Crippen LogP contribution in [0.5, 0.6) is 0 Å². The van der Waals surface area contributed by atoms with Crippen LogP contribution in [0.25, 0.3) is 0 Å². The molecule has 1 unspecified atom stereocenters. The molecule has 6 nitrogen and oxygen atoms in total. The van der Waals surface area contributed by atoms with Gasteiger partial charge in [-0.15, -0.1) is 0 Å². The number of nitrogens with zero attached hydrogens (tertiary/aromatic N) is 1. The lowest BCUT2D eigenvalue weighted by molar-refractivity contribution is -0.149. The van der Waals surface area contributed by atoms with Crippen LogP contribution in [-0.4, -0.2) is 54.4 Å². The molecule has 2 aliphatic heterocycles. The van der Waals surface area contributed by atoms with Crippen LogP contribution in [0.15, 0.2) is 0 Å². The van der Waals surface area contributed by atoms with Crippen LogP contribution < -0.4 is 5.32 Å². The van der Waals surface area contributed by atoms with Gasteiger partial charge in [-0.3, -0.25) is 4.79 Å². The van der Waals surface area contributed by atoms with Crippen molar-refractivity contribution in [3.05, 3.63) is 0 Å². The summed E-state index contributed by atoms with van der Waals surface area (Å²) in [6.45, 7) is 4.58. The van der Waals surface area contributed by atoms with E-state index in [4.69, 9.17) is 4.74 Å². The van der Waals surface area contributed by atoms with Crippen molar-refractivity contribution in [2.24, 2.45) is 17.3 Å². The predicted octanol–water partition coefficient (Wildman–Crippen LogP) is 2.09. The molecule has 2 amide bonds. The highest BCUT2D eigenvalue weighted by atomic mass is 16.5. The number of carbonyl (C=O) groups is 2. The number of likely N-dealkylation sites (tertiary alicyclic amines) is 1. The number of amides is 2. The number of fused-ring (bicyclic) bond motifs is 1. The Hall–Kier alpha value is -1.30. The fraction of sp³-hybridized carbons (Fsp3) is 0.882. The first-order valence-electron chi connectivity index (χ1n) is 8.93. The molecule has 6 heteroatoms. The quantitative estimate of drug-likeness (QED) is 0.830. The Morgan fingerprint density at radius 2 is 2.09 bits per heavy atom. The number of carbonyl (C=O) groups excluding carboxylic acids is 1. The van der Waals surface area contributed by atoms with Crippen molar-refractivity contribution in [2.75, 3.05) is 26.3 Å². The van der Waals surface area contributed by atoms with Crippen molar-refractivity contribution in [1.29, 1.82) is 0 Å². The third-order valence-corrected chi connectivity index (χ3v) is 6.17. The number of hydrogen-bond donors (Lipinski definition) is 2. The summed E-state index contributed by atoms with van der Waals surface area (Å²) in [7, 11) is 0. The Morgan fingerprint density at radius 3 is 2.70 bits per heavy atom. The van der Waals surface area contributed by atoms with E-state index in [1.165, 1.54) is 0 Å². The van der Waals surface area contributed by atoms with Crippen molar-refractivity contribution < 1.29 is 19.4 Å². The van der Waals surface area contributed by atoms with Gasteiger partial charge >= 0.3 is 12.0 Å². The molecule has 0 aromatic heterocycles. The van der Waals surface area contributed by atoms with Crippen LogP contribution >= 0.6 is 0 Å². The van der Waals surface area contributed by atoms with Gasteiger partial charge in [0.05, 0.1) is 5.41 Å². The number of hydrogen-bond acceptors (Lipinski definition) is 3. The van der Waals surface area contributed by atoms with Crippen LogP contribution in [0.4, 0.5) is 4.79 Å². The summed E-state index contributed by atoms with van der Waals surface area (Å²) in [5.41, 5.74) is -0.697. The van der Waals surface area contributed by atoms with Crippen LogP contribution in [0.3, 0.4) is 0 Å². The molecule has 3 aliphatic rings. The van der Waals surface area contributed by atoms with E-state index in [2.05, 4.69) is 12.2 Å². The first kappa shape index (κ1) is 16.6. The summed E-state index contributed by atoms with van der Waals surface area (Å²) in [6, 6.07) is 0.0750. The average Bonchev–Trinajstić information content (AvgIpc) is 3.11. The maximum Gasteiger partial charge on any atom is 0.317 e. The van der Waals surface area contributed by atoms with E-state index in [1.807, 2.05) is 0 Å². The van der Waals surface area contributed by atoms with E-state index in [-0.39, 0.29) is 18.0 Å². The first-order valence-corrected chi connectivity index (χ1v) is 8.93. The van der Waals surface area contributed by atoms with Gasteiger partial charge in [0.15, 0.2) is 0 Å². The zero-order chi connectivity index (χ0) is 16.4. The van der Waals surface area contributed by atoms with Gasteiger partial charge in [-0.2, -0.15) is 0 Å². The molecule has 0 bridgehead atoms. The van der Waals surface area contributed by atoms with Crippen LogP contribution in [0.2, 0.25) is 0 Å². The standard InChI is InChI=1S/C17H28N2O4/c1-2-14(12-5-8-23-9-6-12)18-16(22)19-10-13-4-3-7-17(13,11-19)15(20)21/h12-14H,2-11H2,1H3,(H,18,22)(H,20,21)/t13-,14?,17+/m0/s1. The van der Waals surface area contributed by atoms with E-state index in [1.54, 1.807) is 4.90 Å². The highest BCUT2D eigenvalue weighted by Gasteiger charge is 2.55. The lowest BCUT2D eigenvalue weighted by atomic mass is 9.81. The molecule has 3 rings (SSSR count). The van der Waals surface area contributed by atoms with Gasteiger partial charge in [-0.05, 0) is 43.9 Å². The zero-order valence-corrected chi connectivity index (χ0v) is 13.9. The molecule has 0 spiro atoms. The summed E-state index contributed by atoms with van der Waals surface area (Å²) in [5.74, 6) is -0.145. The Morgan fingerprint density at radius 1 is 1.35 bits per heavy atom. The molecular formula is C17H28N2O4. The molecule has 3 atom stereocenters. The normalized spacial score (nSPS) is 32.6. The van der Waals surface area contributed by atoms with Gasteiger partial charge in [0.2, 0.25) is 0 Å². The summed E-state index contributed by atoms with van der Waals surface area (Å²) in [4.78, 5) is 26.1. The molecular weight excluding hydrogens is 296 g/mol. The van der Waals surface area contributed by atoms with Crippen LogP contribution in [-0.2, 0) is 9.53 Å². The number of carboxylic acids is 1. The monoisotopic (exact) mass is 324 g/mol. The minimum Gasteiger partial charge on any atom is -0.481 e. The second-order valence-corrected chi connectivity index (χ2v) is 7.35. The first-order chi connectivity index (χ1) is 11.1. The van der Waals surface area contributed by atoms with Crippen LogP contribution in [0.1, 0.15) is 45.4 Å². The molecule has 3 fully saturated rings. The highest BCUT2D eigenvalue weighted by molar-refractivity contribution is 5.80. The van der Waals surface area contributed by atoms with Crippen LogP contribution in [0, 0.1) is 17.3 Å². The number of aliphatic carboxylic acids is 1. The molecule has 2 heterocycles. The lowest BCUT2D eigenvalue weighted by Crippen LogP contribution is -2.48. The SMILES string of the molecule is CCC(NC(=O)N1C[C@@H]2CCC[C@@]2(C(=O)O)C1)C1CCOCC1. The third-order valence-electron chi connectivity index (χ3n) is 6.17. The fourth-order valence-corrected chi connectivity index (χ4v) is 4.71. The fourth-order valence-electron chi connectivity index (χ4n) is 4.71. The molecule has 1 aliphatic carbocycles. The molecule has 0 aromatic carbocycles. The van der Waals surface area contributed by atoms with Gasteiger partial charge in [-0.25, -0.2) is 4.79 Å². The van der Waals surface area contributed by atoms with Gasteiger partial charge in [-0.1, -0.05) is 13.3 Å². The van der Waals surface area contributed by atoms with Crippen molar-refractivity contribution in [2.45, 2.75) is 51.5 Å². The minimum atomic E-state index is -0.730. The summed E-state index contributed by atoms with van der Waals surface area (Å²) < 4.78 is 5.40. The van der Waals surface area contributed by atoms with E-state index < -0.39 is 11.4 Å². The summed E-state index contributed by atoms with van der Waals surface area (Å²) in [6.07, 6.45) is 5.46. The molecule has 23 heavy (non-hydrogen) atoms. The maximum atomic E-state index is 12.6. The van der Waals surface area contributed by atoms with Gasteiger partial charge in [0.1, 0.15) is 0 Å². The number of ether oxygens (including phenoxy) is 1. The van der Waals surface area contributed by atoms with Crippen molar-refractivity contribution in [3.63, 3.8) is 0 Å².